The number of fused-ring (bicyclic) bond motifs is 1. The van der Waals surface area contributed by atoms with Gasteiger partial charge in [0.2, 0.25) is 0 Å². The highest BCUT2D eigenvalue weighted by atomic mass is 16.5. The molecule has 8 nitrogen and oxygen atoms in total. The van der Waals surface area contributed by atoms with Crippen LogP contribution in [0.3, 0.4) is 0 Å². The predicted octanol–water partition coefficient (Wildman–Crippen LogP) is 3.10. The second-order valence-corrected chi connectivity index (χ2v) is 7.79. The molecule has 4 heterocycles. The number of hydrogen-bond acceptors (Lipinski definition) is 7. The minimum absolute atomic E-state index is 0.332. The van der Waals surface area contributed by atoms with Gasteiger partial charge in [-0.05, 0) is 45.2 Å². The largest absolute Gasteiger partial charge is 0.462 e. The molecule has 1 aliphatic heterocycles. The normalized spacial score (nSPS) is 16.3. The van der Waals surface area contributed by atoms with E-state index in [1.807, 2.05) is 46.0 Å². The van der Waals surface area contributed by atoms with Gasteiger partial charge in [-0.2, -0.15) is 5.10 Å². The van der Waals surface area contributed by atoms with Gasteiger partial charge in [0.05, 0.1) is 23.4 Å². The van der Waals surface area contributed by atoms with Gasteiger partial charge in [0, 0.05) is 38.6 Å². The first kappa shape index (κ1) is 20.1. The third-order valence-corrected chi connectivity index (χ3v) is 5.56. The summed E-state index contributed by atoms with van der Waals surface area (Å²) in [5.74, 6) is 1.01. The summed E-state index contributed by atoms with van der Waals surface area (Å²) in [6.45, 7) is 8.65. The minimum atomic E-state index is -0.337. The Morgan fingerprint density at radius 3 is 2.93 bits per heavy atom. The molecule has 1 atom stereocenters. The molecule has 1 aliphatic rings. The average Bonchev–Trinajstić information content (AvgIpc) is 3.30. The molecule has 1 fully saturated rings. The molecule has 0 amide bonds. The number of nitrogens with zero attached hydrogens (tertiary/aromatic N) is 5. The van der Waals surface area contributed by atoms with Crippen LogP contribution in [0.5, 0.6) is 0 Å². The third-order valence-electron chi connectivity index (χ3n) is 5.56. The quantitative estimate of drug-likeness (QED) is 0.627. The molecule has 0 aliphatic carbocycles. The van der Waals surface area contributed by atoms with Crippen LogP contribution in [0, 0.1) is 19.8 Å². The predicted molar refractivity (Wildman–Crippen MR) is 117 cm³/mol. The summed E-state index contributed by atoms with van der Waals surface area (Å²) < 4.78 is 7.08. The average molecular weight is 409 g/mol. The van der Waals surface area contributed by atoms with Crippen molar-refractivity contribution in [2.75, 3.05) is 36.5 Å². The first-order chi connectivity index (χ1) is 14.5. The monoisotopic (exact) mass is 408 g/mol. The molecule has 0 bridgehead atoms. The number of carbonyl (C=O) groups is 1. The standard InChI is InChI=1S/C22H28N6O2/c1-5-30-22(29)17-12-24-21-19(15(3)26-27(21)4)20(17)28-10-9-16(13-28)11-23-18-8-6-7-14(2)25-18/h6-8,12,16H,5,9-11,13H2,1-4H3,(H,23,25). The summed E-state index contributed by atoms with van der Waals surface area (Å²) in [6.07, 6.45) is 2.66. The summed E-state index contributed by atoms with van der Waals surface area (Å²) in [6, 6.07) is 5.99. The Kier molecular flexibility index (Phi) is 5.57. The van der Waals surface area contributed by atoms with Gasteiger partial charge in [-0.15, -0.1) is 0 Å². The topological polar surface area (TPSA) is 85.2 Å². The fourth-order valence-corrected chi connectivity index (χ4v) is 4.17. The zero-order valence-corrected chi connectivity index (χ0v) is 18.0. The maximum atomic E-state index is 12.7. The lowest BCUT2D eigenvalue weighted by atomic mass is 10.1. The number of rotatable bonds is 6. The van der Waals surface area contributed by atoms with E-state index in [1.165, 1.54) is 0 Å². The molecule has 1 unspecified atom stereocenters. The van der Waals surface area contributed by atoms with Gasteiger partial charge in [-0.25, -0.2) is 14.8 Å². The molecular weight excluding hydrogens is 380 g/mol. The summed E-state index contributed by atoms with van der Waals surface area (Å²) in [5.41, 5.74) is 4.04. The molecule has 3 aromatic heterocycles. The Labute approximate surface area is 176 Å². The number of esters is 1. The van der Waals surface area contributed by atoms with Crippen LogP contribution in [-0.2, 0) is 11.8 Å². The fraction of sp³-hybridized carbons (Fsp3) is 0.455. The van der Waals surface area contributed by atoms with E-state index < -0.39 is 0 Å². The van der Waals surface area contributed by atoms with Crippen molar-refractivity contribution in [2.24, 2.45) is 13.0 Å². The van der Waals surface area contributed by atoms with Gasteiger partial charge in [0.15, 0.2) is 5.65 Å². The van der Waals surface area contributed by atoms with Gasteiger partial charge in [-0.3, -0.25) is 4.68 Å². The lowest BCUT2D eigenvalue weighted by Gasteiger charge is -2.22. The first-order valence-corrected chi connectivity index (χ1v) is 10.4. The lowest BCUT2D eigenvalue weighted by molar-refractivity contribution is 0.0527. The highest BCUT2D eigenvalue weighted by Gasteiger charge is 2.30. The highest BCUT2D eigenvalue weighted by Crippen LogP contribution is 2.35. The minimum Gasteiger partial charge on any atom is -0.462 e. The maximum Gasteiger partial charge on any atom is 0.341 e. The molecule has 0 saturated carbocycles. The summed E-state index contributed by atoms with van der Waals surface area (Å²) in [7, 11) is 1.88. The van der Waals surface area contributed by atoms with Crippen molar-refractivity contribution < 1.29 is 9.53 Å². The molecular formula is C22H28N6O2. The maximum absolute atomic E-state index is 12.7. The fourth-order valence-electron chi connectivity index (χ4n) is 4.17. The van der Waals surface area contributed by atoms with Crippen LogP contribution >= 0.6 is 0 Å². The third kappa shape index (κ3) is 3.81. The number of nitrogens with one attached hydrogen (secondary N) is 1. The smallest absolute Gasteiger partial charge is 0.341 e. The molecule has 4 rings (SSSR count). The molecule has 8 heteroatoms. The number of aryl methyl sites for hydroxylation is 3. The number of pyridine rings is 2. The second-order valence-electron chi connectivity index (χ2n) is 7.79. The SMILES string of the molecule is CCOC(=O)c1cnc2c(c(C)nn2C)c1N1CCC(CNc2cccc(C)n2)C1. The van der Waals surface area contributed by atoms with Crippen LogP contribution in [0.15, 0.2) is 24.4 Å². The van der Waals surface area contributed by atoms with Crippen molar-refractivity contribution >= 4 is 28.5 Å². The molecule has 1 N–H and O–H groups in total. The van der Waals surface area contributed by atoms with Crippen molar-refractivity contribution in [1.29, 1.82) is 0 Å². The van der Waals surface area contributed by atoms with Crippen molar-refractivity contribution in [3.63, 3.8) is 0 Å². The van der Waals surface area contributed by atoms with Crippen LogP contribution in [-0.4, -0.2) is 52.0 Å². The first-order valence-electron chi connectivity index (χ1n) is 10.4. The van der Waals surface area contributed by atoms with Crippen LogP contribution in [0.25, 0.3) is 11.0 Å². The van der Waals surface area contributed by atoms with Gasteiger partial charge >= 0.3 is 5.97 Å². The highest BCUT2D eigenvalue weighted by molar-refractivity contribution is 6.05. The summed E-state index contributed by atoms with van der Waals surface area (Å²) >= 11 is 0. The van der Waals surface area contributed by atoms with Gasteiger partial charge in [0.25, 0.3) is 0 Å². The molecule has 158 valence electrons. The van der Waals surface area contributed by atoms with Crippen LogP contribution < -0.4 is 10.2 Å². The molecule has 1 saturated heterocycles. The van der Waals surface area contributed by atoms with Gasteiger partial charge in [0.1, 0.15) is 11.4 Å². The molecule has 0 spiro atoms. The second kappa shape index (κ2) is 8.30. The Morgan fingerprint density at radius 2 is 2.17 bits per heavy atom. The van der Waals surface area contributed by atoms with E-state index >= 15 is 0 Å². The van der Waals surface area contributed by atoms with Crippen LogP contribution in [0.4, 0.5) is 11.5 Å². The number of anilines is 2. The van der Waals surface area contributed by atoms with E-state index in [0.29, 0.717) is 18.1 Å². The zero-order valence-electron chi connectivity index (χ0n) is 18.0. The van der Waals surface area contributed by atoms with Crippen LogP contribution in [0.1, 0.15) is 35.1 Å². The Morgan fingerprint density at radius 1 is 1.33 bits per heavy atom. The number of hydrogen-bond donors (Lipinski definition) is 1. The number of aromatic nitrogens is 4. The van der Waals surface area contributed by atoms with Crippen molar-refractivity contribution in [3.05, 3.63) is 41.3 Å². The Balaban J connectivity index is 1.60. The lowest BCUT2D eigenvalue weighted by Crippen LogP contribution is -2.25. The molecule has 0 radical (unpaired) electrons. The van der Waals surface area contributed by atoms with E-state index in [9.17, 15) is 4.79 Å². The van der Waals surface area contributed by atoms with Crippen molar-refractivity contribution in [2.45, 2.75) is 27.2 Å². The van der Waals surface area contributed by atoms with Gasteiger partial charge in [-0.1, -0.05) is 6.07 Å². The van der Waals surface area contributed by atoms with E-state index in [1.54, 1.807) is 10.9 Å². The molecule has 30 heavy (non-hydrogen) atoms. The van der Waals surface area contributed by atoms with E-state index in [0.717, 1.165) is 60.0 Å². The van der Waals surface area contributed by atoms with Crippen molar-refractivity contribution in [3.8, 4) is 0 Å². The van der Waals surface area contributed by atoms with Crippen LogP contribution in [0.2, 0.25) is 0 Å². The zero-order chi connectivity index (χ0) is 21.3. The molecule has 3 aromatic rings. The van der Waals surface area contributed by atoms with Crippen molar-refractivity contribution in [1.82, 2.24) is 19.7 Å². The van der Waals surface area contributed by atoms with E-state index in [2.05, 4.69) is 25.3 Å². The van der Waals surface area contributed by atoms with E-state index in [4.69, 9.17) is 4.74 Å². The Bertz CT molecular complexity index is 1080. The van der Waals surface area contributed by atoms with E-state index in [-0.39, 0.29) is 5.97 Å². The summed E-state index contributed by atoms with van der Waals surface area (Å²) in [4.78, 5) is 24.0. The summed E-state index contributed by atoms with van der Waals surface area (Å²) in [5, 5.41) is 8.91. The number of carbonyl (C=O) groups excluding carboxylic acids is 1. The Hall–Kier alpha value is -3.16. The van der Waals surface area contributed by atoms with Gasteiger partial charge < -0.3 is 15.0 Å². The molecule has 0 aromatic carbocycles. The number of ether oxygens (including phenoxy) is 1.